The number of nitrogens with zero attached hydrogens (tertiary/aromatic N) is 3. The molecule has 0 aliphatic rings. The molecule has 5 nitrogen and oxygen atoms in total. The van der Waals surface area contributed by atoms with Crippen LogP contribution in [0.3, 0.4) is 0 Å². The molecule has 0 amide bonds. The Balaban J connectivity index is 2.45. The molecule has 0 radical (unpaired) electrons. The molecule has 0 fully saturated rings. The molecule has 86 valence electrons. The van der Waals surface area contributed by atoms with Crippen molar-refractivity contribution >= 4 is 11.8 Å². The lowest BCUT2D eigenvalue weighted by Gasteiger charge is -2.06. The third-order valence-electron chi connectivity index (χ3n) is 1.92. The molecule has 0 saturated carbocycles. The maximum Gasteiger partial charge on any atom is 0.191 e. The molecule has 1 aromatic rings. The molecule has 1 rings (SSSR count). The SMILES string of the molecule is CCOCCSc1nnc(C)n1CCN. The number of ether oxygens (including phenoxy) is 1. The first kappa shape index (κ1) is 12.5. The van der Waals surface area contributed by atoms with Crippen molar-refractivity contribution in [3.8, 4) is 0 Å². The van der Waals surface area contributed by atoms with E-state index in [0.29, 0.717) is 6.54 Å². The molecule has 0 aromatic carbocycles. The summed E-state index contributed by atoms with van der Waals surface area (Å²) in [6, 6.07) is 0. The maximum absolute atomic E-state index is 5.52. The summed E-state index contributed by atoms with van der Waals surface area (Å²) in [5.74, 6) is 1.82. The average Bonchev–Trinajstić information content (AvgIpc) is 2.57. The van der Waals surface area contributed by atoms with E-state index < -0.39 is 0 Å². The van der Waals surface area contributed by atoms with E-state index in [9.17, 15) is 0 Å². The second kappa shape index (κ2) is 6.81. The Bertz CT molecular complexity index is 290. The van der Waals surface area contributed by atoms with E-state index in [4.69, 9.17) is 10.5 Å². The van der Waals surface area contributed by atoms with E-state index in [2.05, 4.69) is 10.2 Å². The topological polar surface area (TPSA) is 66.0 Å². The fraction of sp³-hybridized carbons (Fsp3) is 0.778. The molecule has 1 heterocycles. The first-order chi connectivity index (χ1) is 7.29. The highest BCUT2D eigenvalue weighted by Gasteiger charge is 2.07. The molecular weight excluding hydrogens is 212 g/mol. The van der Waals surface area contributed by atoms with Gasteiger partial charge in [0.1, 0.15) is 5.82 Å². The molecule has 0 bridgehead atoms. The van der Waals surface area contributed by atoms with Crippen molar-refractivity contribution in [3.63, 3.8) is 0 Å². The van der Waals surface area contributed by atoms with Crippen LogP contribution in [0.2, 0.25) is 0 Å². The Hall–Kier alpha value is -0.590. The molecule has 0 atom stereocenters. The molecule has 1 aromatic heterocycles. The average molecular weight is 230 g/mol. The van der Waals surface area contributed by atoms with Gasteiger partial charge in [0.25, 0.3) is 0 Å². The van der Waals surface area contributed by atoms with E-state index in [1.165, 1.54) is 0 Å². The van der Waals surface area contributed by atoms with E-state index >= 15 is 0 Å². The van der Waals surface area contributed by atoms with Gasteiger partial charge < -0.3 is 15.0 Å². The number of thioether (sulfide) groups is 1. The van der Waals surface area contributed by atoms with Crippen LogP contribution in [-0.2, 0) is 11.3 Å². The van der Waals surface area contributed by atoms with Gasteiger partial charge in [0.05, 0.1) is 6.61 Å². The number of nitrogens with two attached hydrogens (primary N) is 1. The van der Waals surface area contributed by atoms with Gasteiger partial charge in [-0.15, -0.1) is 10.2 Å². The Kier molecular flexibility index (Phi) is 5.67. The normalized spacial score (nSPS) is 10.9. The second-order valence-corrected chi connectivity index (χ2v) is 4.08. The highest BCUT2D eigenvalue weighted by Crippen LogP contribution is 2.15. The maximum atomic E-state index is 5.52. The van der Waals surface area contributed by atoms with Crippen molar-refractivity contribution in [2.45, 2.75) is 25.5 Å². The van der Waals surface area contributed by atoms with Gasteiger partial charge in [-0.25, -0.2) is 0 Å². The summed E-state index contributed by atoms with van der Waals surface area (Å²) in [4.78, 5) is 0. The summed E-state index contributed by atoms with van der Waals surface area (Å²) in [5.41, 5.74) is 5.52. The monoisotopic (exact) mass is 230 g/mol. The summed E-state index contributed by atoms with van der Waals surface area (Å²) in [6.07, 6.45) is 0. The van der Waals surface area contributed by atoms with Gasteiger partial charge in [0.2, 0.25) is 0 Å². The molecule has 2 N–H and O–H groups in total. The minimum atomic E-state index is 0.609. The van der Waals surface area contributed by atoms with Crippen LogP contribution in [0.1, 0.15) is 12.7 Å². The molecule has 0 aliphatic carbocycles. The van der Waals surface area contributed by atoms with Crippen LogP contribution in [0.15, 0.2) is 5.16 Å². The largest absolute Gasteiger partial charge is 0.381 e. The lowest BCUT2D eigenvalue weighted by Crippen LogP contribution is -2.12. The van der Waals surface area contributed by atoms with Gasteiger partial charge in [-0.2, -0.15) is 0 Å². The Labute approximate surface area is 94.4 Å². The minimum absolute atomic E-state index is 0.609. The fourth-order valence-corrected chi connectivity index (χ4v) is 2.05. The minimum Gasteiger partial charge on any atom is -0.381 e. The summed E-state index contributed by atoms with van der Waals surface area (Å²) < 4.78 is 7.30. The predicted octanol–water partition coefficient (Wildman–Crippen LogP) is 0.674. The van der Waals surface area contributed by atoms with E-state index in [1.54, 1.807) is 11.8 Å². The van der Waals surface area contributed by atoms with Gasteiger partial charge in [0, 0.05) is 25.4 Å². The van der Waals surface area contributed by atoms with Crippen LogP contribution in [0.25, 0.3) is 0 Å². The van der Waals surface area contributed by atoms with Crippen molar-refractivity contribution < 1.29 is 4.74 Å². The number of aromatic nitrogens is 3. The molecular formula is C9H18N4OS. The zero-order valence-corrected chi connectivity index (χ0v) is 10.1. The molecule has 15 heavy (non-hydrogen) atoms. The summed E-state index contributed by atoms with van der Waals surface area (Å²) >= 11 is 1.66. The van der Waals surface area contributed by atoms with Crippen LogP contribution >= 0.6 is 11.8 Å². The van der Waals surface area contributed by atoms with Crippen molar-refractivity contribution in [2.75, 3.05) is 25.5 Å². The third kappa shape index (κ3) is 3.81. The van der Waals surface area contributed by atoms with Crippen LogP contribution < -0.4 is 5.73 Å². The Morgan fingerprint density at radius 2 is 2.27 bits per heavy atom. The van der Waals surface area contributed by atoms with E-state index in [-0.39, 0.29) is 0 Å². The Morgan fingerprint density at radius 1 is 1.47 bits per heavy atom. The van der Waals surface area contributed by atoms with E-state index in [1.807, 2.05) is 18.4 Å². The third-order valence-corrected chi connectivity index (χ3v) is 2.85. The highest BCUT2D eigenvalue weighted by molar-refractivity contribution is 7.99. The molecule has 0 aliphatic heterocycles. The number of rotatable bonds is 7. The zero-order chi connectivity index (χ0) is 11.1. The highest BCUT2D eigenvalue weighted by atomic mass is 32.2. The fourth-order valence-electron chi connectivity index (χ4n) is 1.19. The van der Waals surface area contributed by atoms with Crippen LogP contribution in [0.4, 0.5) is 0 Å². The number of aryl methyl sites for hydroxylation is 1. The lowest BCUT2D eigenvalue weighted by molar-refractivity contribution is 0.164. The molecule has 0 spiro atoms. The van der Waals surface area contributed by atoms with Gasteiger partial charge in [-0.05, 0) is 13.8 Å². The smallest absolute Gasteiger partial charge is 0.191 e. The molecule has 0 unspecified atom stereocenters. The standard InChI is InChI=1S/C9H18N4OS/c1-3-14-6-7-15-9-12-11-8(2)13(9)5-4-10/h3-7,10H2,1-2H3. The van der Waals surface area contributed by atoms with Crippen LogP contribution in [0.5, 0.6) is 0 Å². The zero-order valence-electron chi connectivity index (χ0n) is 9.27. The quantitative estimate of drug-likeness (QED) is 0.551. The number of hydrogen-bond donors (Lipinski definition) is 1. The first-order valence-electron chi connectivity index (χ1n) is 5.10. The van der Waals surface area contributed by atoms with Crippen molar-refractivity contribution in [3.05, 3.63) is 5.82 Å². The second-order valence-electron chi connectivity index (χ2n) is 3.02. The lowest BCUT2D eigenvalue weighted by atomic mass is 10.6. The van der Waals surface area contributed by atoms with Gasteiger partial charge >= 0.3 is 0 Å². The summed E-state index contributed by atoms with van der Waals surface area (Å²) in [7, 11) is 0. The number of hydrogen-bond acceptors (Lipinski definition) is 5. The van der Waals surface area contributed by atoms with Crippen LogP contribution in [0, 0.1) is 6.92 Å². The Morgan fingerprint density at radius 3 is 2.93 bits per heavy atom. The molecule has 0 saturated heterocycles. The van der Waals surface area contributed by atoms with E-state index in [0.717, 1.165) is 36.5 Å². The summed E-state index contributed by atoms with van der Waals surface area (Å²) in [5, 5.41) is 9.06. The predicted molar refractivity (Wildman–Crippen MR) is 61.0 cm³/mol. The van der Waals surface area contributed by atoms with Gasteiger partial charge in [-0.1, -0.05) is 11.8 Å². The van der Waals surface area contributed by atoms with Crippen molar-refractivity contribution in [1.82, 2.24) is 14.8 Å². The van der Waals surface area contributed by atoms with Gasteiger partial charge in [-0.3, -0.25) is 0 Å². The van der Waals surface area contributed by atoms with Crippen LogP contribution in [-0.4, -0.2) is 40.3 Å². The van der Waals surface area contributed by atoms with Crippen molar-refractivity contribution in [1.29, 1.82) is 0 Å². The molecule has 6 heteroatoms. The first-order valence-corrected chi connectivity index (χ1v) is 6.08. The van der Waals surface area contributed by atoms with Crippen molar-refractivity contribution in [2.24, 2.45) is 5.73 Å². The van der Waals surface area contributed by atoms with Gasteiger partial charge in [0.15, 0.2) is 5.16 Å². The summed E-state index contributed by atoms with van der Waals surface area (Å²) in [6.45, 7) is 6.82.